The standard InChI is InChI=1S/C21H33N3O3/c1-21(2,3)27-20(26)22-13-7-12-19(25)23-18-11-8-14-24(16-18)15-17-9-5-4-6-10-17/h4-6,9-10,18H,7-8,11-16H2,1-3H3,(H,22,26)(H,23,25). The number of benzene rings is 1. The van der Waals surface area contributed by atoms with Crippen LogP contribution >= 0.6 is 0 Å². The smallest absolute Gasteiger partial charge is 0.407 e. The number of rotatable bonds is 7. The molecule has 2 N–H and O–H groups in total. The van der Waals surface area contributed by atoms with E-state index in [-0.39, 0.29) is 11.9 Å². The Bertz CT molecular complexity index is 598. The van der Waals surface area contributed by atoms with Crippen molar-refractivity contribution in [3.05, 3.63) is 35.9 Å². The number of ether oxygens (including phenoxy) is 1. The highest BCUT2D eigenvalue weighted by Crippen LogP contribution is 2.14. The predicted molar refractivity (Wildman–Crippen MR) is 106 cm³/mol. The molecule has 1 aromatic rings. The van der Waals surface area contributed by atoms with Crippen molar-refractivity contribution in [1.82, 2.24) is 15.5 Å². The van der Waals surface area contributed by atoms with Crippen molar-refractivity contribution in [3.63, 3.8) is 0 Å². The highest BCUT2D eigenvalue weighted by atomic mass is 16.6. The maximum absolute atomic E-state index is 12.2. The Balaban J connectivity index is 1.63. The highest BCUT2D eigenvalue weighted by Gasteiger charge is 2.21. The van der Waals surface area contributed by atoms with E-state index in [1.54, 1.807) is 0 Å². The molecule has 6 heteroatoms. The van der Waals surface area contributed by atoms with Gasteiger partial charge in [-0.05, 0) is 52.1 Å². The number of likely N-dealkylation sites (tertiary alicyclic amines) is 1. The third-order valence-corrected chi connectivity index (χ3v) is 4.37. The maximum Gasteiger partial charge on any atom is 0.407 e. The molecule has 2 amide bonds. The van der Waals surface area contributed by atoms with Gasteiger partial charge in [-0.3, -0.25) is 9.69 Å². The van der Waals surface area contributed by atoms with Crippen LogP contribution in [0.25, 0.3) is 0 Å². The lowest BCUT2D eigenvalue weighted by Crippen LogP contribution is -2.47. The van der Waals surface area contributed by atoms with E-state index in [2.05, 4.69) is 39.8 Å². The first-order chi connectivity index (χ1) is 12.8. The molecule has 0 radical (unpaired) electrons. The zero-order valence-corrected chi connectivity index (χ0v) is 16.8. The molecule has 150 valence electrons. The van der Waals surface area contributed by atoms with Crippen LogP contribution in [0.4, 0.5) is 4.79 Å². The number of hydrogen-bond acceptors (Lipinski definition) is 4. The minimum absolute atomic E-state index is 0.0487. The normalized spacial score (nSPS) is 18.0. The molecular formula is C21H33N3O3. The minimum atomic E-state index is -0.506. The van der Waals surface area contributed by atoms with Crippen molar-refractivity contribution in [2.24, 2.45) is 0 Å². The molecule has 1 aromatic carbocycles. The Hall–Kier alpha value is -2.08. The summed E-state index contributed by atoms with van der Waals surface area (Å²) in [5.41, 5.74) is 0.798. The van der Waals surface area contributed by atoms with E-state index in [1.165, 1.54) is 5.56 Å². The van der Waals surface area contributed by atoms with Gasteiger partial charge < -0.3 is 15.4 Å². The number of alkyl carbamates (subject to hydrolysis) is 1. The van der Waals surface area contributed by atoms with Crippen LogP contribution in [0.3, 0.4) is 0 Å². The number of nitrogens with one attached hydrogen (secondary N) is 2. The van der Waals surface area contributed by atoms with E-state index in [4.69, 9.17) is 4.74 Å². The molecule has 1 heterocycles. The Morgan fingerprint density at radius 1 is 1.22 bits per heavy atom. The first kappa shape index (κ1) is 21.2. The average Bonchev–Trinajstić information content (AvgIpc) is 2.58. The zero-order valence-electron chi connectivity index (χ0n) is 16.8. The van der Waals surface area contributed by atoms with Gasteiger partial charge >= 0.3 is 6.09 Å². The Kier molecular flexibility index (Phi) is 8.10. The second-order valence-corrected chi connectivity index (χ2v) is 8.16. The number of amides is 2. The lowest BCUT2D eigenvalue weighted by Gasteiger charge is -2.33. The fourth-order valence-corrected chi connectivity index (χ4v) is 3.21. The van der Waals surface area contributed by atoms with E-state index < -0.39 is 11.7 Å². The van der Waals surface area contributed by atoms with Gasteiger partial charge in [0.25, 0.3) is 0 Å². The average molecular weight is 376 g/mol. The molecule has 1 aliphatic rings. The largest absolute Gasteiger partial charge is 0.444 e. The van der Waals surface area contributed by atoms with Gasteiger partial charge in [0.05, 0.1) is 0 Å². The van der Waals surface area contributed by atoms with E-state index in [0.29, 0.717) is 19.4 Å². The van der Waals surface area contributed by atoms with Crippen molar-refractivity contribution in [2.45, 2.75) is 64.6 Å². The molecule has 1 aliphatic heterocycles. The van der Waals surface area contributed by atoms with Crippen molar-refractivity contribution in [2.75, 3.05) is 19.6 Å². The van der Waals surface area contributed by atoms with Gasteiger partial charge in [-0.25, -0.2) is 4.79 Å². The van der Waals surface area contributed by atoms with Crippen molar-refractivity contribution >= 4 is 12.0 Å². The van der Waals surface area contributed by atoms with Crippen molar-refractivity contribution in [3.8, 4) is 0 Å². The van der Waals surface area contributed by atoms with E-state index in [9.17, 15) is 9.59 Å². The van der Waals surface area contributed by atoms with E-state index in [1.807, 2.05) is 26.8 Å². The predicted octanol–water partition coefficient (Wildman–Crippen LogP) is 3.07. The molecule has 1 fully saturated rings. The molecule has 0 bridgehead atoms. The minimum Gasteiger partial charge on any atom is -0.444 e. The summed E-state index contributed by atoms with van der Waals surface area (Å²) in [5.74, 6) is 0.0487. The molecule has 1 atom stereocenters. The van der Waals surface area contributed by atoms with Gasteiger partial charge in [-0.2, -0.15) is 0 Å². The van der Waals surface area contributed by atoms with Gasteiger partial charge in [0, 0.05) is 32.1 Å². The zero-order chi connectivity index (χ0) is 19.7. The monoisotopic (exact) mass is 375 g/mol. The van der Waals surface area contributed by atoms with Crippen LogP contribution in [0.15, 0.2) is 30.3 Å². The summed E-state index contributed by atoms with van der Waals surface area (Å²) in [7, 11) is 0. The molecule has 1 unspecified atom stereocenters. The van der Waals surface area contributed by atoms with Gasteiger partial charge in [0.15, 0.2) is 0 Å². The SMILES string of the molecule is CC(C)(C)OC(=O)NCCCC(=O)NC1CCCN(Cc2ccccc2)C1. The summed E-state index contributed by atoms with van der Waals surface area (Å²) in [6.45, 7) is 8.79. The van der Waals surface area contributed by atoms with Crippen LogP contribution in [-0.2, 0) is 16.1 Å². The van der Waals surface area contributed by atoms with Gasteiger partial charge in [0.2, 0.25) is 5.91 Å². The van der Waals surface area contributed by atoms with E-state index >= 15 is 0 Å². The van der Waals surface area contributed by atoms with Crippen LogP contribution in [0.5, 0.6) is 0 Å². The molecule has 0 aromatic heterocycles. The van der Waals surface area contributed by atoms with Gasteiger partial charge in [-0.15, -0.1) is 0 Å². The first-order valence-electron chi connectivity index (χ1n) is 9.84. The van der Waals surface area contributed by atoms with Crippen molar-refractivity contribution < 1.29 is 14.3 Å². The van der Waals surface area contributed by atoms with E-state index in [0.717, 1.165) is 32.5 Å². The third-order valence-electron chi connectivity index (χ3n) is 4.37. The molecule has 0 saturated carbocycles. The maximum atomic E-state index is 12.2. The number of carbonyl (C=O) groups is 2. The third kappa shape index (κ3) is 8.91. The van der Waals surface area contributed by atoms with Crippen LogP contribution in [-0.4, -0.2) is 48.2 Å². The van der Waals surface area contributed by atoms with Crippen molar-refractivity contribution in [1.29, 1.82) is 0 Å². The van der Waals surface area contributed by atoms with Crippen LogP contribution < -0.4 is 10.6 Å². The molecule has 1 saturated heterocycles. The van der Waals surface area contributed by atoms with Gasteiger partial charge in [0.1, 0.15) is 5.60 Å². The van der Waals surface area contributed by atoms with Crippen LogP contribution in [0.2, 0.25) is 0 Å². The molecule has 0 aliphatic carbocycles. The summed E-state index contributed by atoms with van der Waals surface area (Å²) in [5, 5.41) is 5.82. The molecular weight excluding hydrogens is 342 g/mol. The van der Waals surface area contributed by atoms with Crippen LogP contribution in [0, 0.1) is 0 Å². The summed E-state index contributed by atoms with van der Waals surface area (Å²) < 4.78 is 5.17. The fraction of sp³-hybridized carbons (Fsp3) is 0.619. The summed E-state index contributed by atoms with van der Waals surface area (Å²) >= 11 is 0. The topological polar surface area (TPSA) is 70.7 Å². The number of hydrogen-bond donors (Lipinski definition) is 2. The fourth-order valence-electron chi connectivity index (χ4n) is 3.21. The van der Waals surface area contributed by atoms with Gasteiger partial charge in [-0.1, -0.05) is 30.3 Å². The lowest BCUT2D eigenvalue weighted by molar-refractivity contribution is -0.122. The first-order valence-corrected chi connectivity index (χ1v) is 9.84. The number of nitrogens with zero attached hydrogens (tertiary/aromatic N) is 1. The Morgan fingerprint density at radius 3 is 2.67 bits per heavy atom. The summed E-state index contributed by atoms with van der Waals surface area (Å²) in [6, 6.07) is 10.6. The van der Waals surface area contributed by atoms with Crippen LogP contribution in [0.1, 0.15) is 52.0 Å². The second kappa shape index (κ2) is 10.3. The Labute approximate surface area is 162 Å². The number of carbonyl (C=O) groups excluding carboxylic acids is 2. The molecule has 6 nitrogen and oxygen atoms in total. The summed E-state index contributed by atoms with van der Waals surface area (Å²) in [4.78, 5) is 26.1. The molecule has 2 rings (SSSR count). The molecule has 0 spiro atoms. The Morgan fingerprint density at radius 2 is 1.96 bits per heavy atom. The second-order valence-electron chi connectivity index (χ2n) is 8.16. The lowest BCUT2D eigenvalue weighted by atomic mass is 10.0. The molecule has 27 heavy (non-hydrogen) atoms. The quantitative estimate of drug-likeness (QED) is 0.719. The highest BCUT2D eigenvalue weighted by molar-refractivity contribution is 5.76. The summed E-state index contributed by atoms with van der Waals surface area (Å²) in [6.07, 6.45) is 2.69. The number of piperidine rings is 1.